The minimum atomic E-state index is -0.694. The smallest absolute Gasteiger partial charge is 0.415 e. The average molecular weight is 363 g/mol. The van der Waals surface area contributed by atoms with Crippen LogP contribution in [0.4, 0.5) is 4.79 Å². The molecule has 0 fully saturated rings. The lowest BCUT2D eigenvalue weighted by Gasteiger charge is -2.29. The molecule has 0 heterocycles. The molecule has 0 saturated carbocycles. The molecule has 0 unspecified atom stereocenters. The summed E-state index contributed by atoms with van der Waals surface area (Å²) < 4.78 is 11.0. The minimum absolute atomic E-state index is 0.0605. The van der Waals surface area contributed by atoms with Crippen LogP contribution in [0.1, 0.15) is 47.1 Å². The van der Waals surface area contributed by atoms with Gasteiger partial charge in [-0.05, 0) is 46.3 Å². The Morgan fingerprint density at radius 3 is 2.19 bits per heavy atom. The summed E-state index contributed by atoms with van der Waals surface area (Å²) in [6, 6.07) is 9.95. The molecule has 1 aromatic rings. The van der Waals surface area contributed by atoms with Crippen LogP contribution < -0.4 is 0 Å². The van der Waals surface area contributed by atoms with Gasteiger partial charge in [-0.2, -0.15) is 0 Å². The van der Waals surface area contributed by atoms with Crippen LogP contribution in [0.15, 0.2) is 42.7 Å². The van der Waals surface area contributed by atoms with Gasteiger partial charge in [0.25, 0.3) is 0 Å². The SMILES string of the molecule is CC(C)N(C(=O)O/C=C\[C@H](C)[C@H](O)[C@H](C)OCc1ccccc1)C(C)C. The van der Waals surface area contributed by atoms with E-state index in [0.717, 1.165) is 5.56 Å². The molecule has 1 aromatic carbocycles. The number of nitrogens with zero attached hydrogens (tertiary/aromatic N) is 1. The van der Waals surface area contributed by atoms with Crippen molar-refractivity contribution in [3.8, 4) is 0 Å². The fourth-order valence-corrected chi connectivity index (χ4v) is 2.74. The van der Waals surface area contributed by atoms with Gasteiger partial charge in [0.15, 0.2) is 0 Å². The summed E-state index contributed by atoms with van der Waals surface area (Å²) in [5.74, 6) is -0.208. The Kier molecular flexibility index (Phi) is 9.38. The highest BCUT2D eigenvalue weighted by Gasteiger charge is 2.22. The maximum atomic E-state index is 12.1. The van der Waals surface area contributed by atoms with Gasteiger partial charge in [0.1, 0.15) is 0 Å². The van der Waals surface area contributed by atoms with E-state index < -0.39 is 6.10 Å². The fraction of sp³-hybridized carbons (Fsp3) is 0.571. The van der Waals surface area contributed by atoms with E-state index in [1.165, 1.54) is 6.26 Å². The van der Waals surface area contributed by atoms with Crippen LogP contribution in [0, 0.1) is 5.92 Å². The molecule has 146 valence electrons. The zero-order valence-corrected chi connectivity index (χ0v) is 16.8. The number of benzene rings is 1. The van der Waals surface area contributed by atoms with Gasteiger partial charge < -0.3 is 19.5 Å². The number of carbonyl (C=O) groups is 1. The zero-order chi connectivity index (χ0) is 19.7. The molecule has 0 aliphatic heterocycles. The molecular weight excluding hydrogens is 330 g/mol. The number of rotatable bonds is 9. The van der Waals surface area contributed by atoms with Crippen LogP contribution in [0.5, 0.6) is 0 Å². The predicted molar refractivity (Wildman–Crippen MR) is 104 cm³/mol. The lowest BCUT2D eigenvalue weighted by molar-refractivity contribution is -0.0490. The lowest BCUT2D eigenvalue weighted by atomic mass is 10.0. The predicted octanol–water partition coefficient (Wildman–Crippen LogP) is 4.36. The van der Waals surface area contributed by atoms with Crippen molar-refractivity contribution in [2.75, 3.05) is 0 Å². The first-order valence-electron chi connectivity index (χ1n) is 9.23. The highest BCUT2D eigenvalue weighted by molar-refractivity contribution is 5.68. The minimum Gasteiger partial charge on any atom is -0.418 e. The number of ether oxygens (including phenoxy) is 2. The highest BCUT2D eigenvalue weighted by atomic mass is 16.5. The van der Waals surface area contributed by atoms with E-state index in [9.17, 15) is 9.90 Å². The van der Waals surface area contributed by atoms with Crippen molar-refractivity contribution in [1.82, 2.24) is 4.90 Å². The van der Waals surface area contributed by atoms with Gasteiger partial charge in [-0.1, -0.05) is 37.3 Å². The van der Waals surface area contributed by atoms with Gasteiger partial charge in [-0.15, -0.1) is 0 Å². The van der Waals surface area contributed by atoms with Crippen LogP contribution in [-0.2, 0) is 16.1 Å². The quantitative estimate of drug-likeness (QED) is 0.662. The van der Waals surface area contributed by atoms with Gasteiger partial charge in [-0.25, -0.2) is 4.79 Å². The van der Waals surface area contributed by atoms with Crippen molar-refractivity contribution >= 4 is 6.09 Å². The average Bonchev–Trinajstić information content (AvgIpc) is 2.59. The van der Waals surface area contributed by atoms with Gasteiger partial charge in [0.2, 0.25) is 0 Å². The van der Waals surface area contributed by atoms with Crippen LogP contribution in [0.25, 0.3) is 0 Å². The normalized spacial score (nSPS) is 15.3. The fourth-order valence-electron chi connectivity index (χ4n) is 2.74. The summed E-state index contributed by atoms with van der Waals surface area (Å²) in [7, 11) is 0. The van der Waals surface area contributed by atoms with E-state index in [4.69, 9.17) is 9.47 Å². The monoisotopic (exact) mass is 363 g/mol. The summed E-state index contributed by atoms with van der Waals surface area (Å²) in [6.45, 7) is 11.9. The molecule has 1 amide bonds. The van der Waals surface area contributed by atoms with E-state index in [-0.39, 0.29) is 30.2 Å². The van der Waals surface area contributed by atoms with Crippen molar-refractivity contribution in [3.63, 3.8) is 0 Å². The number of amides is 1. The third-order valence-electron chi connectivity index (χ3n) is 4.25. The Morgan fingerprint density at radius 2 is 1.65 bits per heavy atom. The number of aliphatic hydroxyl groups is 1. The Hall–Kier alpha value is -1.85. The van der Waals surface area contributed by atoms with E-state index in [0.29, 0.717) is 6.61 Å². The molecule has 5 heteroatoms. The number of hydrogen-bond acceptors (Lipinski definition) is 4. The molecule has 0 aromatic heterocycles. The van der Waals surface area contributed by atoms with Crippen LogP contribution in [-0.4, -0.2) is 40.4 Å². The summed E-state index contributed by atoms with van der Waals surface area (Å²) in [4.78, 5) is 13.8. The Labute approximate surface area is 157 Å². The Bertz CT molecular complexity index is 548. The lowest BCUT2D eigenvalue weighted by Crippen LogP contribution is -2.41. The Morgan fingerprint density at radius 1 is 1.08 bits per heavy atom. The summed E-state index contributed by atoms with van der Waals surface area (Å²) >= 11 is 0. The third kappa shape index (κ3) is 7.18. The first-order valence-corrected chi connectivity index (χ1v) is 9.23. The topological polar surface area (TPSA) is 59.0 Å². The molecule has 0 aliphatic rings. The number of hydrogen-bond donors (Lipinski definition) is 1. The van der Waals surface area contributed by atoms with E-state index in [2.05, 4.69) is 0 Å². The van der Waals surface area contributed by atoms with Gasteiger partial charge >= 0.3 is 6.09 Å². The molecule has 5 nitrogen and oxygen atoms in total. The van der Waals surface area contributed by atoms with E-state index in [1.54, 1.807) is 11.0 Å². The van der Waals surface area contributed by atoms with E-state index in [1.807, 2.05) is 71.9 Å². The molecule has 0 radical (unpaired) electrons. The zero-order valence-electron chi connectivity index (χ0n) is 16.8. The third-order valence-corrected chi connectivity index (χ3v) is 4.25. The molecular formula is C21H33NO4. The second-order valence-electron chi connectivity index (χ2n) is 7.16. The van der Waals surface area contributed by atoms with Crippen molar-refractivity contribution in [2.24, 2.45) is 5.92 Å². The largest absolute Gasteiger partial charge is 0.418 e. The summed E-state index contributed by atoms with van der Waals surface area (Å²) in [6.07, 6.45) is 1.62. The molecule has 0 bridgehead atoms. The Balaban J connectivity index is 2.48. The van der Waals surface area contributed by atoms with Crippen molar-refractivity contribution in [2.45, 2.75) is 72.4 Å². The van der Waals surface area contributed by atoms with Gasteiger partial charge in [0, 0.05) is 18.0 Å². The van der Waals surface area contributed by atoms with E-state index >= 15 is 0 Å². The first kappa shape index (κ1) is 22.2. The maximum absolute atomic E-state index is 12.1. The van der Waals surface area contributed by atoms with Crippen LogP contribution >= 0.6 is 0 Å². The summed E-state index contributed by atoms with van der Waals surface area (Å²) in [5, 5.41) is 10.4. The number of carbonyl (C=O) groups excluding carboxylic acids is 1. The number of aliphatic hydroxyl groups excluding tert-OH is 1. The van der Waals surface area contributed by atoms with Gasteiger partial charge in [-0.3, -0.25) is 0 Å². The summed E-state index contributed by atoms with van der Waals surface area (Å²) in [5.41, 5.74) is 1.06. The first-order chi connectivity index (χ1) is 12.2. The second kappa shape index (κ2) is 11.0. The molecule has 0 saturated heterocycles. The van der Waals surface area contributed by atoms with Crippen molar-refractivity contribution in [3.05, 3.63) is 48.2 Å². The molecule has 1 rings (SSSR count). The molecule has 26 heavy (non-hydrogen) atoms. The van der Waals surface area contributed by atoms with Crippen LogP contribution in [0.2, 0.25) is 0 Å². The molecule has 1 N–H and O–H groups in total. The van der Waals surface area contributed by atoms with Crippen molar-refractivity contribution in [1.29, 1.82) is 0 Å². The highest BCUT2D eigenvalue weighted by Crippen LogP contribution is 2.14. The molecule has 0 spiro atoms. The van der Waals surface area contributed by atoms with Gasteiger partial charge in [0.05, 0.1) is 25.1 Å². The van der Waals surface area contributed by atoms with Crippen molar-refractivity contribution < 1.29 is 19.4 Å². The second-order valence-corrected chi connectivity index (χ2v) is 7.16. The maximum Gasteiger partial charge on any atom is 0.415 e. The van der Waals surface area contributed by atoms with Crippen LogP contribution in [0.3, 0.4) is 0 Å². The molecule has 3 atom stereocenters. The standard InChI is InChI=1S/C21H33NO4/c1-15(2)22(16(3)4)21(24)25-13-12-17(5)20(23)18(6)26-14-19-10-8-7-9-11-19/h7-13,15-18,20,23H,14H2,1-6H3/b13-12-/t17-,18-,20-/m0/s1. The molecule has 0 aliphatic carbocycles.